The van der Waals surface area contributed by atoms with Crippen LogP contribution in [0.3, 0.4) is 0 Å². The topological polar surface area (TPSA) is 78.9 Å². The lowest BCUT2D eigenvalue weighted by Gasteiger charge is -2.18. The van der Waals surface area contributed by atoms with Crippen LogP contribution in [0.15, 0.2) is 0 Å². The number of carbonyl (C=O) groups excluding carboxylic acids is 3. The van der Waals surface area contributed by atoms with Crippen LogP contribution in [0.25, 0.3) is 0 Å². The molecular weight excluding hydrogens is 793 g/mol. The van der Waals surface area contributed by atoms with Gasteiger partial charge in [0.25, 0.3) is 0 Å². The zero-order valence-corrected chi connectivity index (χ0v) is 43.8. The van der Waals surface area contributed by atoms with Gasteiger partial charge in [0.2, 0.25) is 0 Å². The predicted octanol–water partition coefficient (Wildman–Crippen LogP) is 19.0. The maximum Gasteiger partial charge on any atom is 0.306 e. The largest absolute Gasteiger partial charge is 0.462 e. The molecule has 0 aliphatic carbocycles. The monoisotopic (exact) mass is 905 g/mol. The van der Waals surface area contributed by atoms with Crippen molar-refractivity contribution in [3.8, 4) is 0 Å². The molecule has 0 aromatic heterocycles. The summed E-state index contributed by atoms with van der Waals surface area (Å²) in [4.78, 5) is 38.1. The summed E-state index contributed by atoms with van der Waals surface area (Å²) < 4.78 is 16.9. The second kappa shape index (κ2) is 52.4. The quantitative estimate of drug-likeness (QED) is 0.0344. The third-order valence-electron chi connectivity index (χ3n) is 13.7. The van der Waals surface area contributed by atoms with Crippen LogP contribution >= 0.6 is 0 Å². The lowest BCUT2D eigenvalue weighted by molar-refractivity contribution is -0.167. The van der Waals surface area contributed by atoms with Gasteiger partial charge < -0.3 is 14.2 Å². The molecule has 0 aliphatic heterocycles. The molecule has 0 N–H and O–H groups in total. The Bertz CT molecular complexity index is 966. The van der Waals surface area contributed by atoms with Crippen molar-refractivity contribution in [3.63, 3.8) is 0 Å². The van der Waals surface area contributed by atoms with Gasteiger partial charge in [0.05, 0.1) is 0 Å². The summed E-state index contributed by atoms with van der Waals surface area (Å²) >= 11 is 0. The van der Waals surface area contributed by atoms with E-state index in [9.17, 15) is 14.4 Å². The fourth-order valence-corrected chi connectivity index (χ4v) is 8.89. The smallest absolute Gasteiger partial charge is 0.306 e. The first-order valence-corrected chi connectivity index (χ1v) is 28.9. The molecule has 0 saturated carbocycles. The molecule has 380 valence electrons. The highest BCUT2D eigenvalue weighted by Gasteiger charge is 2.19. The van der Waals surface area contributed by atoms with Crippen LogP contribution in [0.4, 0.5) is 0 Å². The first-order chi connectivity index (χ1) is 31.4. The summed E-state index contributed by atoms with van der Waals surface area (Å²) in [5.74, 6) is 0.0338. The minimum atomic E-state index is -0.762. The Balaban J connectivity index is 4.30. The maximum absolute atomic E-state index is 12.8. The van der Waals surface area contributed by atoms with Crippen LogP contribution in [-0.4, -0.2) is 37.2 Å². The standard InChI is InChI=1S/C58H112O6/c1-5-8-10-12-14-16-18-20-22-23-25-26-28-33-37-41-45-49-56(59)62-52-55(53-63-57(60)50-46-42-38-34-31-30-32-36-40-44-48-54(4)7-3)64-58(61)51-47-43-39-35-29-27-24-21-19-17-15-13-11-9-6-2/h54-55H,5-53H2,1-4H3/t54?,55-/m0/s1. The molecule has 0 heterocycles. The fraction of sp³-hybridized carbons (Fsp3) is 0.948. The van der Waals surface area contributed by atoms with Gasteiger partial charge in [-0.25, -0.2) is 0 Å². The Morgan fingerprint density at radius 1 is 0.312 bits per heavy atom. The van der Waals surface area contributed by atoms with E-state index in [0.717, 1.165) is 63.7 Å². The number of rotatable bonds is 53. The number of esters is 3. The van der Waals surface area contributed by atoms with Crippen LogP contribution in [-0.2, 0) is 28.6 Å². The molecule has 2 atom stereocenters. The number of ether oxygens (including phenoxy) is 3. The first kappa shape index (κ1) is 62.4. The molecule has 0 fully saturated rings. The molecule has 0 saturated heterocycles. The van der Waals surface area contributed by atoms with Crippen LogP contribution < -0.4 is 0 Å². The molecule has 6 heteroatoms. The van der Waals surface area contributed by atoms with Gasteiger partial charge >= 0.3 is 17.9 Å². The molecule has 0 bridgehead atoms. The molecular formula is C58H112O6. The van der Waals surface area contributed by atoms with Crippen molar-refractivity contribution >= 4 is 17.9 Å². The molecule has 0 spiro atoms. The summed E-state index contributed by atoms with van der Waals surface area (Å²) in [6.07, 6.45) is 56.5. The summed E-state index contributed by atoms with van der Waals surface area (Å²) in [5.41, 5.74) is 0. The van der Waals surface area contributed by atoms with Crippen molar-refractivity contribution in [2.24, 2.45) is 5.92 Å². The molecule has 1 unspecified atom stereocenters. The molecule has 0 rings (SSSR count). The van der Waals surface area contributed by atoms with E-state index in [1.807, 2.05) is 0 Å². The highest BCUT2D eigenvalue weighted by Crippen LogP contribution is 2.18. The Morgan fingerprint density at radius 2 is 0.547 bits per heavy atom. The highest BCUT2D eigenvalue weighted by atomic mass is 16.6. The molecule has 0 aliphatic rings. The molecule has 6 nitrogen and oxygen atoms in total. The number of carbonyl (C=O) groups is 3. The van der Waals surface area contributed by atoms with Crippen molar-refractivity contribution < 1.29 is 28.6 Å². The minimum absolute atomic E-state index is 0.0620. The van der Waals surface area contributed by atoms with Gasteiger partial charge in [0.15, 0.2) is 6.10 Å². The van der Waals surface area contributed by atoms with Crippen LogP contribution in [0.2, 0.25) is 0 Å². The summed E-state index contributed by atoms with van der Waals surface area (Å²) in [6.45, 7) is 9.08. The molecule has 0 aromatic rings. The van der Waals surface area contributed by atoms with Crippen LogP contribution in [0.1, 0.15) is 329 Å². The third-order valence-corrected chi connectivity index (χ3v) is 13.7. The van der Waals surface area contributed by atoms with E-state index in [-0.39, 0.29) is 31.1 Å². The SMILES string of the molecule is CCCCCCCCCCCCCCCCCCCC(=O)OC[C@@H](COC(=O)CCCCCCCCCCCCC(C)CC)OC(=O)CCCCCCCCCCCCCCCCC. The van der Waals surface area contributed by atoms with Crippen molar-refractivity contribution in [3.05, 3.63) is 0 Å². The zero-order valence-electron chi connectivity index (χ0n) is 43.8. The number of unbranched alkanes of at least 4 members (excludes halogenated alkanes) is 39. The molecule has 0 radical (unpaired) electrons. The second-order valence-corrected chi connectivity index (χ2v) is 20.2. The number of hydrogen-bond acceptors (Lipinski definition) is 6. The maximum atomic E-state index is 12.8. The van der Waals surface area contributed by atoms with Gasteiger partial charge in [-0.15, -0.1) is 0 Å². The predicted molar refractivity (Wildman–Crippen MR) is 275 cm³/mol. The van der Waals surface area contributed by atoms with E-state index in [2.05, 4.69) is 27.7 Å². The van der Waals surface area contributed by atoms with Gasteiger partial charge in [-0.1, -0.05) is 291 Å². The van der Waals surface area contributed by atoms with Crippen molar-refractivity contribution in [2.75, 3.05) is 13.2 Å². The van der Waals surface area contributed by atoms with E-state index < -0.39 is 6.10 Å². The number of hydrogen-bond donors (Lipinski definition) is 0. The van der Waals surface area contributed by atoms with Gasteiger partial charge in [-0.2, -0.15) is 0 Å². The Kier molecular flexibility index (Phi) is 51.1. The van der Waals surface area contributed by atoms with Gasteiger partial charge in [-0.3, -0.25) is 14.4 Å². The molecule has 64 heavy (non-hydrogen) atoms. The van der Waals surface area contributed by atoms with Gasteiger partial charge in [-0.05, 0) is 25.2 Å². The lowest BCUT2D eigenvalue weighted by atomic mass is 9.99. The highest BCUT2D eigenvalue weighted by molar-refractivity contribution is 5.71. The first-order valence-electron chi connectivity index (χ1n) is 28.9. The molecule has 0 aromatic carbocycles. The molecule has 0 amide bonds. The fourth-order valence-electron chi connectivity index (χ4n) is 8.89. The van der Waals surface area contributed by atoms with E-state index in [4.69, 9.17) is 14.2 Å². The lowest BCUT2D eigenvalue weighted by Crippen LogP contribution is -2.30. The van der Waals surface area contributed by atoms with E-state index >= 15 is 0 Å². The van der Waals surface area contributed by atoms with Crippen LogP contribution in [0, 0.1) is 5.92 Å². The van der Waals surface area contributed by atoms with Gasteiger partial charge in [0, 0.05) is 19.3 Å². The van der Waals surface area contributed by atoms with Crippen molar-refractivity contribution in [1.29, 1.82) is 0 Å². The van der Waals surface area contributed by atoms with E-state index in [0.29, 0.717) is 19.3 Å². The summed E-state index contributed by atoms with van der Waals surface area (Å²) in [7, 11) is 0. The Labute approximate surface area is 399 Å². The zero-order chi connectivity index (χ0) is 46.7. The average molecular weight is 906 g/mol. The summed E-state index contributed by atoms with van der Waals surface area (Å²) in [5, 5.41) is 0. The Hall–Kier alpha value is -1.59. The van der Waals surface area contributed by atoms with E-state index in [1.165, 1.54) is 225 Å². The normalized spacial score (nSPS) is 12.4. The average Bonchev–Trinajstić information content (AvgIpc) is 3.29. The Morgan fingerprint density at radius 3 is 0.812 bits per heavy atom. The van der Waals surface area contributed by atoms with Crippen molar-refractivity contribution in [2.45, 2.75) is 336 Å². The van der Waals surface area contributed by atoms with E-state index in [1.54, 1.807) is 0 Å². The third kappa shape index (κ3) is 49.8. The summed E-state index contributed by atoms with van der Waals surface area (Å²) in [6, 6.07) is 0. The van der Waals surface area contributed by atoms with Crippen LogP contribution in [0.5, 0.6) is 0 Å². The van der Waals surface area contributed by atoms with Crippen molar-refractivity contribution in [1.82, 2.24) is 0 Å². The van der Waals surface area contributed by atoms with Gasteiger partial charge in [0.1, 0.15) is 13.2 Å². The second-order valence-electron chi connectivity index (χ2n) is 20.2. The minimum Gasteiger partial charge on any atom is -0.462 e.